The number of hydrogen-bond acceptors (Lipinski definition) is 5. The fourth-order valence-corrected chi connectivity index (χ4v) is 14.7. The molecule has 2 N–H and O–H groups in total. The van der Waals surface area contributed by atoms with Crippen LogP contribution >= 0.6 is 136 Å². The largest absolute Gasteiger partial charge is 0.481 e. The zero-order chi connectivity index (χ0) is 42.6. The highest BCUT2D eigenvalue weighted by Gasteiger charge is 2.54. The molecule has 1 spiro atoms. The molecule has 1 atom stereocenters. The van der Waals surface area contributed by atoms with Gasteiger partial charge in [-0.1, -0.05) is 50.1 Å². The summed E-state index contributed by atoms with van der Waals surface area (Å²) in [5.41, 5.74) is 6.82. The third-order valence-corrected chi connectivity index (χ3v) is 22.7. The second-order valence-corrected chi connectivity index (χ2v) is 23.7. The van der Waals surface area contributed by atoms with Crippen LogP contribution in [0.2, 0.25) is 0 Å². The standard InChI is InChI=1S/C43H48I6N2O6S/c1-4-22-50-32-26-30(45)39(47)41(49)37(32)43(20-17-28(18-21-43)27(2)52)34(50)15-10-7-5-6-9-14-33-42(3,19-12-8-11-16-35(53)54)36-31(25-29(44)38(46)40(36)48)51(33)23-13-24-58(55,56)57/h5-7,9-10,14-15,25-26,28H,4,8,11-13,16-24H2,1-3H3,(H-,53,54,55,56,57)/p+1. The summed E-state index contributed by atoms with van der Waals surface area (Å²) in [6.45, 7) is 7.56. The summed E-state index contributed by atoms with van der Waals surface area (Å²) in [5.74, 6) is -0.682. The second kappa shape index (κ2) is 21.3. The maximum Gasteiger partial charge on any atom is 0.303 e. The summed E-state index contributed by atoms with van der Waals surface area (Å²) in [7, 11) is -4.12. The molecular weight excluding hydrogens is 1430 g/mol. The first-order chi connectivity index (χ1) is 27.4. The number of carbonyl (C=O) groups excluding carboxylic acids is 1. The Morgan fingerprint density at radius 2 is 1.50 bits per heavy atom. The molecule has 2 aliphatic heterocycles. The van der Waals surface area contributed by atoms with Gasteiger partial charge < -0.3 is 10.0 Å². The highest BCUT2D eigenvalue weighted by Crippen LogP contribution is 2.55. The molecule has 1 unspecified atom stereocenters. The number of benzene rings is 2. The highest BCUT2D eigenvalue weighted by atomic mass is 127. The minimum Gasteiger partial charge on any atom is -0.481 e. The number of carbonyl (C=O) groups is 2. The number of fused-ring (bicyclic) bond motifs is 3. The van der Waals surface area contributed by atoms with Crippen molar-refractivity contribution in [1.29, 1.82) is 0 Å². The lowest BCUT2D eigenvalue weighted by atomic mass is 9.64. The first-order valence-electron chi connectivity index (χ1n) is 19.6. The number of ketones is 1. The number of hydrogen-bond donors (Lipinski definition) is 2. The summed E-state index contributed by atoms with van der Waals surface area (Å²) in [6.07, 6.45) is 23.0. The molecule has 0 bridgehead atoms. The van der Waals surface area contributed by atoms with E-state index in [1.54, 1.807) is 6.92 Å². The lowest BCUT2D eigenvalue weighted by Gasteiger charge is -2.35. The number of carboxylic acid groups (broad SMARTS) is 1. The smallest absolute Gasteiger partial charge is 0.303 e. The zero-order valence-corrected chi connectivity index (χ0v) is 46.5. The highest BCUT2D eigenvalue weighted by molar-refractivity contribution is 14.1. The third kappa shape index (κ3) is 11.0. The van der Waals surface area contributed by atoms with Crippen LogP contribution in [0.1, 0.15) is 103 Å². The van der Waals surface area contributed by atoms with E-state index < -0.39 is 21.5 Å². The maximum atomic E-state index is 12.5. The maximum absolute atomic E-state index is 12.5. The number of rotatable bonds is 17. The van der Waals surface area contributed by atoms with Crippen LogP contribution in [-0.4, -0.2) is 59.0 Å². The minimum atomic E-state index is -4.12. The third-order valence-electron chi connectivity index (χ3n) is 11.7. The lowest BCUT2D eigenvalue weighted by Crippen LogP contribution is -2.40. The van der Waals surface area contributed by atoms with Crippen molar-refractivity contribution in [2.75, 3.05) is 23.7 Å². The van der Waals surface area contributed by atoms with E-state index in [9.17, 15) is 27.7 Å². The number of anilines is 1. The molecule has 314 valence electrons. The summed E-state index contributed by atoms with van der Waals surface area (Å²) in [5, 5.41) is 9.22. The number of allylic oxidation sites excluding steroid dienone is 8. The molecule has 1 saturated carbocycles. The summed E-state index contributed by atoms with van der Waals surface area (Å²) < 4.78 is 42.9. The van der Waals surface area contributed by atoms with E-state index in [1.165, 1.54) is 40.4 Å². The van der Waals surface area contributed by atoms with E-state index in [0.717, 1.165) is 72.9 Å². The van der Waals surface area contributed by atoms with Crippen LogP contribution in [0.15, 0.2) is 60.4 Å². The molecule has 1 aliphatic carbocycles. The Hall–Kier alpha value is 0.300. The van der Waals surface area contributed by atoms with Crippen molar-refractivity contribution in [3.05, 3.63) is 92.9 Å². The SMILES string of the molecule is CCC[N+]1=C(/C=C/C=C/C=C/C=C2\N(CCCS(=O)(=O)O)c3cc(I)c(I)c(I)c3C2(C)CCCCCC(=O)O)C2(CCC(C(C)=O)CC2)c2c1cc(I)c(I)c2I. The Morgan fingerprint density at radius 3 is 2.12 bits per heavy atom. The normalized spacial score (nSPS) is 22.8. The van der Waals surface area contributed by atoms with Crippen LogP contribution in [-0.2, 0) is 30.5 Å². The van der Waals surface area contributed by atoms with Crippen molar-refractivity contribution in [2.24, 2.45) is 5.92 Å². The van der Waals surface area contributed by atoms with Crippen LogP contribution in [0.25, 0.3) is 0 Å². The number of nitrogens with zero attached hydrogens (tertiary/aromatic N) is 2. The fourth-order valence-electron chi connectivity index (χ4n) is 8.97. The Kier molecular flexibility index (Phi) is 18.1. The first kappa shape index (κ1) is 49.3. The van der Waals surface area contributed by atoms with Gasteiger partial charge in [-0.25, -0.2) is 0 Å². The van der Waals surface area contributed by atoms with Crippen LogP contribution < -0.4 is 4.90 Å². The quantitative estimate of drug-likeness (QED) is 0.0405. The Balaban J connectivity index is 1.48. The average molecular weight is 1480 g/mol. The van der Waals surface area contributed by atoms with E-state index in [-0.39, 0.29) is 29.9 Å². The molecule has 2 aromatic rings. The Bertz CT molecular complexity index is 2210. The molecule has 2 aromatic carbocycles. The molecule has 8 nitrogen and oxygen atoms in total. The molecule has 0 amide bonds. The van der Waals surface area contributed by atoms with Gasteiger partial charge in [-0.3, -0.25) is 14.1 Å². The van der Waals surface area contributed by atoms with Crippen molar-refractivity contribution < 1.29 is 32.2 Å². The van der Waals surface area contributed by atoms with Gasteiger partial charge in [0, 0.05) is 81.2 Å². The number of aliphatic carboxylic acids is 1. The van der Waals surface area contributed by atoms with Gasteiger partial charge in [-0.15, -0.1) is 0 Å². The van der Waals surface area contributed by atoms with Crippen LogP contribution in [0.3, 0.4) is 0 Å². The zero-order valence-electron chi connectivity index (χ0n) is 32.8. The summed E-state index contributed by atoms with van der Waals surface area (Å²) in [6, 6.07) is 4.52. The first-order valence-corrected chi connectivity index (χ1v) is 27.6. The van der Waals surface area contributed by atoms with Crippen LogP contribution in [0.5, 0.6) is 0 Å². The van der Waals surface area contributed by atoms with Gasteiger partial charge in [0.1, 0.15) is 12.3 Å². The van der Waals surface area contributed by atoms with Gasteiger partial charge >= 0.3 is 5.97 Å². The van der Waals surface area contributed by atoms with Crippen LogP contribution in [0.4, 0.5) is 11.4 Å². The van der Waals surface area contributed by atoms with E-state index in [1.807, 2.05) is 18.2 Å². The molecule has 15 heteroatoms. The molecule has 0 aromatic heterocycles. The van der Waals surface area contributed by atoms with E-state index >= 15 is 0 Å². The fraction of sp³-hybridized carbons (Fsp3) is 0.465. The molecular formula is C43H49I6N2O6S+. The van der Waals surface area contributed by atoms with Gasteiger partial charge in [-0.2, -0.15) is 13.0 Å². The molecule has 1 fully saturated rings. The monoisotopic (exact) mass is 1480 g/mol. The van der Waals surface area contributed by atoms with Gasteiger partial charge in [-0.05, 0) is 206 Å². The van der Waals surface area contributed by atoms with Crippen molar-refractivity contribution >= 4 is 175 Å². The number of unbranched alkanes of at least 4 members (excludes halogenated alkanes) is 2. The Labute approximate surface area is 425 Å². The Morgan fingerprint density at radius 1 is 0.879 bits per heavy atom. The second-order valence-electron chi connectivity index (χ2n) is 15.5. The molecule has 5 rings (SSSR count). The molecule has 58 heavy (non-hydrogen) atoms. The van der Waals surface area contributed by atoms with Gasteiger partial charge in [0.25, 0.3) is 10.1 Å². The van der Waals surface area contributed by atoms with Gasteiger partial charge in [0.2, 0.25) is 5.69 Å². The van der Waals surface area contributed by atoms with Crippen molar-refractivity contribution in [2.45, 2.75) is 102 Å². The minimum absolute atomic E-state index is 0.125. The molecule has 2 heterocycles. The van der Waals surface area contributed by atoms with Crippen molar-refractivity contribution in [3.63, 3.8) is 0 Å². The number of halogens is 6. The van der Waals surface area contributed by atoms with Crippen LogP contribution in [0, 0.1) is 27.3 Å². The van der Waals surface area contributed by atoms with E-state index in [0.29, 0.717) is 18.7 Å². The molecule has 0 saturated heterocycles. The number of carboxylic acids is 1. The molecule has 3 aliphatic rings. The van der Waals surface area contributed by atoms with Crippen molar-refractivity contribution in [3.8, 4) is 0 Å². The predicted molar refractivity (Wildman–Crippen MR) is 286 cm³/mol. The topological polar surface area (TPSA) is 115 Å². The van der Waals surface area contributed by atoms with Gasteiger partial charge in [0.05, 0.1) is 16.7 Å². The predicted octanol–water partition coefficient (Wildman–Crippen LogP) is 12.5. The van der Waals surface area contributed by atoms with Crippen molar-refractivity contribution in [1.82, 2.24) is 0 Å². The summed E-state index contributed by atoms with van der Waals surface area (Å²) >= 11 is 14.7. The lowest BCUT2D eigenvalue weighted by molar-refractivity contribution is -0.437. The average Bonchev–Trinajstić information content (AvgIpc) is 3.52. The van der Waals surface area contributed by atoms with E-state index in [2.05, 4.69) is 195 Å². The molecule has 0 radical (unpaired) electrons. The number of Topliss-reactive ketones (excluding diaryl/α,β-unsaturated/α-hetero) is 1. The van der Waals surface area contributed by atoms with Gasteiger partial charge in [0.15, 0.2) is 5.71 Å². The summed E-state index contributed by atoms with van der Waals surface area (Å²) in [4.78, 5) is 25.9. The van der Waals surface area contributed by atoms with E-state index in [4.69, 9.17) is 0 Å².